The number of benzene rings is 1. The second-order valence-electron chi connectivity index (χ2n) is 3.73. The van der Waals surface area contributed by atoms with Crippen LogP contribution in [0.2, 0.25) is 0 Å². The molecular formula is C12H15NO4. The highest BCUT2D eigenvalue weighted by Crippen LogP contribution is 2.32. The van der Waals surface area contributed by atoms with Crippen molar-refractivity contribution in [1.82, 2.24) is 5.32 Å². The Labute approximate surface area is 99.7 Å². The van der Waals surface area contributed by atoms with E-state index >= 15 is 0 Å². The van der Waals surface area contributed by atoms with Gasteiger partial charge in [-0.3, -0.25) is 0 Å². The van der Waals surface area contributed by atoms with Gasteiger partial charge in [0.05, 0.1) is 26.9 Å². The lowest BCUT2D eigenvalue weighted by molar-refractivity contribution is 0.115. The molecule has 0 aromatic heterocycles. The number of rotatable bonds is 3. The Balaban J connectivity index is 2.30. The monoisotopic (exact) mass is 237 g/mol. The topological polar surface area (TPSA) is 56.8 Å². The average Bonchev–Trinajstić information content (AvgIpc) is 2.38. The van der Waals surface area contributed by atoms with Gasteiger partial charge in [-0.1, -0.05) is 0 Å². The smallest absolute Gasteiger partial charge is 0.407 e. The highest BCUT2D eigenvalue weighted by atomic mass is 16.6. The molecule has 1 atom stereocenters. The predicted octanol–water partition coefficient (Wildman–Crippen LogP) is 1.87. The van der Waals surface area contributed by atoms with E-state index in [1.807, 2.05) is 18.2 Å². The Hall–Kier alpha value is -1.91. The number of alkyl carbamates (subject to hydrolysis) is 1. The molecule has 1 N–H and O–H groups in total. The Morgan fingerprint density at radius 1 is 1.35 bits per heavy atom. The Bertz CT molecular complexity index is 419. The van der Waals surface area contributed by atoms with E-state index in [1.54, 1.807) is 14.2 Å². The van der Waals surface area contributed by atoms with Crippen LogP contribution in [0, 0.1) is 0 Å². The van der Waals surface area contributed by atoms with E-state index in [9.17, 15) is 4.79 Å². The Morgan fingerprint density at radius 2 is 2.18 bits per heavy atom. The Morgan fingerprint density at radius 3 is 2.82 bits per heavy atom. The summed E-state index contributed by atoms with van der Waals surface area (Å²) in [4.78, 5) is 11.2. The first-order valence-corrected chi connectivity index (χ1v) is 5.40. The standard InChI is InChI=1S/C12H15NO4/c1-15-8-3-4-11(16-2)9(7-8)10-5-6-17-12(14)13-10/h3-4,7,10H,5-6H2,1-2H3,(H,13,14)/t10-/m1/s1. The molecule has 1 fully saturated rings. The summed E-state index contributed by atoms with van der Waals surface area (Å²) < 4.78 is 15.3. The minimum atomic E-state index is -0.397. The van der Waals surface area contributed by atoms with Crippen LogP contribution in [0.25, 0.3) is 0 Å². The number of amides is 1. The molecule has 0 unspecified atom stereocenters. The third-order valence-corrected chi connectivity index (χ3v) is 2.74. The van der Waals surface area contributed by atoms with Gasteiger partial charge in [-0.2, -0.15) is 0 Å². The summed E-state index contributed by atoms with van der Waals surface area (Å²) >= 11 is 0. The number of carbonyl (C=O) groups excluding carboxylic acids is 1. The van der Waals surface area contributed by atoms with Gasteiger partial charge in [0.1, 0.15) is 11.5 Å². The zero-order valence-corrected chi connectivity index (χ0v) is 9.86. The van der Waals surface area contributed by atoms with Crippen LogP contribution in [-0.4, -0.2) is 26.9 Å². The second kappa shape index (κ2) is 4.95. The minimum Gasteiger partial charge on any atom is -0.497 e. The normalized spacial score (nSPS) is 19.2. The van der Waals surface area contributed by atoms with Gasteiger partial charge in [0.25, 0.3) is 0 Å². The lowest BCUT2D eigenvalue weighted by atomic mass is 10.0. The third-order valence-electron chi connectivity index (χ3n) is 2.74. The van der Waals surface area contributed by atoms with Gasteiger partial charge in [0, 0.05) is 12.0 Å². The Kier molecular flexibility index (Phi) is 3.37. The maximum absolute atomic E-state index is 11.2. The van der Waals surface area contributed by atoms with Crippen molar-refractivity contribution in [2.75, 3.05) is 20.8 Å². The minimum absolute atomic E-state index is 0.0960. The molecule has 0 spiro atoms. The number of methoxy groups -OCH3 is 2. The first-order valence-electron chi connectivity index (χ1n) is 5.40. The summed E-state index contributed by atoms with van der Waals surface area (Å²) in [7, 11) is 3.21. The predicted molar refractivity (Wildman–Crippen MR) is 61.4 cm³/mol. The third kappa shape index (κ3) is 2.43. The molecule has 1 aromatic rings. The first kappa shape index (κ1) is 11.6. The fourth-order valence-corrected chi connectivity index (χ4v) is 1.87. The molecule has 0 aliphatic carbocycles. The molecule has 5 heteroatoms. The molecule has 1 saturated heterocycles. The molecule has 0 saturated carbocycles. The van der Waals surface area contributed by atoms with Crippen LogP contribution >= 0.6 is 0 Å². The molecule has 1 amide bonds. The van der Waals surface area contributed by atoms with E-state index in [4.69, 9.17) is 14.2 Å². The number of nitrogens with one attached hydrogen (secondary N) is 1. The molecule has 17 heavy (non-hydrogen) atoms. The van der Waals surface area contributed by atoms with Gasteiger partial charge in [-0.25, -0.2) is 4.79 Å². The van der Waals surface area contributed by atoms with Crippen LogP contribution in [-0.2, 0) is 4.74 Å². The summed E-state index contributed by atoms with van der Waals surface area (Å²) in [6, 6.07) is 5.43. The van der Waals surface area contributed by atoms with Crippen LogP contribution in [0.3, 0.4) is 0 Å². The average molecular weight is 237 g/mol. The quantitative estimate of drug-likeness (QED) is 0.872. The molecule has 1 heterocycles. The molecule has 5 nitrogen and oxygen atoms in total. The van der Waals surface area contributed by atoms with Crippen LogP contribution in [0.5, 0.6) is 11.5 Å². The summed E-state index contributed by atoms with van der Waals surface area (Å²) in [5.41, 5.74) is 0.906. The van der Waals surface area contributed by atoms with Gasteiger partial charge >= 0.3 is 6.09 Å². The van der Waals surface area contributed by atoms with Crippen molar-refractivity contribution in [3.63, 3.8) is 0 Å². The van der Waals surface area contributed by atoms with Gasteiger partial charge in [-0.15, -0.1) is 0 Å². The van der Waals surface area contributed by atoms with Gasteiger partial charge in [0.2, 0.25) is 0 Å². The zero-order valence-electron chi connectivity index (χ0n) is 9.86. The fourth-order valence-electron chi connectivity index (χ4n) is 1.87. The largest absolute Gasteiger partial charge is 0.497 e. The van der Waals surface area contributed by atoms with Gasteiger partial charge in [0.15, 0.2) is 0 Å². The molecule has 2 rings (SSSR count). The van der Waals surface area contributed by atoms with E-state index in [1.165, 1.54) is 0 Å². The van der Waals surface area contributed by atoms with E-state index < -0.39 is 6.09 Å². The second-order valence-corrected chi connectivity index (χ2v) is 3.73. The fraction of sp³-hybridized carbons (Fsp3) is 0.417. The number of cyclic esters (lactones) is 1. The zero-order chi connectivity index (χ0) is 12.3. The number of carbonyl (C=O) groups is 1. The van der Waals surface area contributed by atoms with E-state index in [0.29, 0.717) is 6.61 Å². The number of ether oxygens (including phenoxy) is 3. The van der Waals surface area contributed by atoms with Crippen LogP contribution < -0.4 is 14.8 Å². The van der Waals surface area contributed by atoms with Crippen molar-refractivity contribution in [3.8, 4) is 11.5 Å². The van der Waals surface area contributed by atoms with Crippen LogP contribution in [0.15, 0.2) is 18.2 Å². The molecule has 1 aliphatic rings. The highest BCUT2D eigenvalue weighted by molar-refractivity contribution is 5.69. The summed E-state index contributed by atoms with van der Waals surface area (Å²) in [5.74, 6) is 1.47. The first-order chi connectivity index (χ1) is 8.24. The molecular weight excluding hydrogens is 222 g/mol. The number of hydrogen-bond donors (Lipinski definition) is 1. The van der Waals surface area contributed by atoms with E-state index in [-0.39, 0.29) is 6.04 Å². The highest BCUT2D eigenvalue weighted by Gasteiger charge is 2.23. The van der Waals surface area contributed by atoms with Crippen molar-refractivity contribution in [2.24, 2.45) is 0 Å². The molecule has 0 radical (unpaired) electrons. The summed E-state index contributed by atoms with van der Waals surface area (Å²) in [6.07, 6.45) is 0.320. The van der Waals surface area contributed by atoms with Crippen molar-refractivity contribution < 1.29 is 19.0 Å². The molecule has 1 aromatic carbocycles. The van der Waals surface area contributed by atoms with E-state index in [0.717, 1.165) is 23.5 Å². The van der Waals surface area contributed by atoms with Crippen molar-refractivity contribution in [2.45, 2.75) is 12.5 Å². The van der Waals surface area contributed by atoms with Crippen molar-refractivity contribution >= 4 is 6.09 Å². The van der Waals surface area contributed by atoms with Crippen molar-refractivity contribution in [1.29, 1.82) is 0 Å². The van der Waals surface area contributed by atoms with Crippen LogP contribution in [0.1, 0.15) is 18.0 Å². The van der Waals surface area contributed by atoms with Gasteiger partial charge in [-0.05, 0) is 18.2 Å². The SMILES string of the molecule is COc1ccc(OC)c([C@H]2CCOC(=O)N2)c1. The summed E-state index contributed by atoms with van der Waals surface area (Å²) in [6.45, 7) is 0.414. The van der Waals surface area contributed by atoms with Crippen LogP contribution in [0.4, 0.5) is 4.79 Å². The van der Waals surface area contributed by atoms with Crippen molar-refractivity contribution in [3.05, 3.63) is 23.8 Å². The molecule has 0 bridgehead atoms. The number of hydrogen-bond acceptors (Lipinski definition) is 4. The lowest BCUT2D eigenvalue weighted by Gasteiger charge is -2.25. The summed E-state index contributed by atoms with van der Waals surface area (Å²) in [5, 5.41) is 2.76. The maximum Gasteiger partial charge on any atom is 0.407 e. The maximum atomic E-state index is 11.2. The molecule has 92 valence electrons. The van der Waals surface area contributed by atoms with Gasteiger partial charge < -0.3 is 19.5 Å². The van der Waals surface area contributed by atoms with E-state index in [2.05, 4.69) is 5.32 Å². The molecule has 1 aliphatic heterocycles. The lowest BCUT2D eigenvalue weighted by Crippen LogP contribution is -2.35.